The summed E-state index contributed by atoms with van der Waals surface area (Å²) < 4.78 is 21.4. The van der Waals surface area contributed by atoms with Gasteiger partial charge in [0, 0.05) is 44.7 Å². The summed E-state index contributed by atoms with van der Waals surface area (Å²) >= 11 is 5.69. The molecule has 112 valence electrons. The minimum absolute atomic E-state index is 0.0761. The molecule has 0 spiro atoms. The second kappa shape index (κ2) is 5.99. The molecule has 1 saturated heterocycles. The number of nitrogens with one attached hydrogen (secondary N) is 1. The van der Waals surface area contributed by atoms with Gasteiger partial charge in [-0.2, -0.15) is 0 Å². The molecule has 2 aromatic heterocycles. The van der Waals surface area contributed by atoms with Crippen LogP contribution in [-0.2, 0) is 11.8 Å². The average Bonchev–Trinajstić information content (AvgIpc) is 3.06. The van der Waals surface area contributed by atoms with Crippen molar-refractivity contribution in [3.8, 4) is 0 Å². The SMILES string of the molecule is Cn1ccnc1[C@@H]1OCC[C@H]1CNc1ncc(Cl)cc1F. The number of imidazole rings is 1. The van der Waals surface area contributed by atoms with Crippen molar-refractivity contribution in [2.45, 2.75) is 12.5 Å². The highest BCUT2D eigenvalue weighted by Gasteiger charge is 2.32. The molecule has 0 unspecified atom stereocenters. The molecule has 7 heteroatoms. The Labute approximate surface area is 127 Å². The lowest BCUT2D eigenvalue weighted by atomic mass is 10.0. The van der Waals surface area contributed by atoms with E-state index in [9.17, 15) is 4.39 Å². The molecule has 1 N–H and O–H groups in total. The van der Waals surface area contributed by atoms with Crippen molar-refractivity contribution in [3.63, 3.8) is 0 Å². The highest BCUT2D eigenvalue weighted by Crippen LogP contribution is 2.33. The summed E-state index contributed by atoms with van der Waals surface area (Å²) in [6.45, 7) is 1.25. The first-order valence-electron chi connectivity index (χ1n) is 6.79. The first-order valence-corrected chi connectivity index (χ1v) is 7.16. The van der Waals surface area contributed by atoms with Crippen LogP contribution in [0.5, 0.6) is 0 Å². The van der Waals surface area contributed by atoms with E-state index in [4.69, 9.17) is 16.3 Å². The lowest BCUT2D eigenvalue weighted by Crippen LogP contribution is -2.21. The Morgan fingerprint density at radius 2 is 2.38 bits per heavy atom. The monoisotopic (exact) mass is 310 g/mol. The van der Waals surface area contributed by atoms with Gasteiger partial charge in [-0.3, -0.25) is 0 Å². The van der Waals surface area contributed by atoms with Crippen LogP contribution < -0.4 is 5.32 Å². The Balaban J connectivity index is 1.68. The second-order valence-corrected chi connectivity index (χ2v) is 5.54. The van der Waals surface area contributed by atoms with E-state index >= 15 is 0 Å². The fourth-order valence-electron chi connectivity index (χ4n) is 2.55. The Morgan fingerprint density at radius 3 is 3.10 bits per heavy atom. The van der Waals surface area contributed by atoms with Gasteiger partial charge in [0.05, 0.1) is 5.02 Å². The molecule has 3 heterocycles. The van der Waals surface area contributed by atoms with Crippen molar-refractivity contribution >= 4 is 17.4 Å². The fraction of sp³-hybridized carbons (Fsp3) is 0.429. The van der Waals surface area contributed by atoms with Crippen LogP contribution in [-0.4, -0.2) is 27.7 Å². The summed E-state index contributed by atoms with van der Waals surface area (Å²) in [5.74, 6) is 0.881. The molecule has 0 saturated carbocycles. The lowest BCUT2D eigenvalue weighted by molar-refractivity contribution is 0.0839. The number of pyridine rings is 1. The molecule has 0 amide bonds. The van der Waals surface area contributed by atoms with Gasteiger partial charge in [-0.25, -0.2) is 14.4 Å². The predicted molar refractivity (Wildman–Crippen MR) is 77.7 cm³/mol. The highest BCUT2D eigenvalue weighted by molar-refractivity contribution is 6.30. The van der Waals surface area contributed by atoms with Gasteiger partial charge in [0.1, 0.15) is 11.9 Å². The van der Waals surface area contributed by atoms with Crippen LogP contribution in [0.4, 0.5) is 10.2 Å². The molecule has 3 rings (SSSR count). The van der Waals surface area contributed by atoms with Gasteiger partial charge in [-0.15, -0.1) is 0 Å². The Bertz CT molecular complexity index is 633. The van der Waals surface area contributed by atoms with E-state index in [-0.39, 0.29) is 22.9 Å². The minimum Gasteiger partial charge on any atom is -0.370 e. The van der Waals surface area contributed by atoms with E-state index in [0.29, 0.717) is 13.2 Å². The molecule has 2 aromatic rings. The zero-order chi connectivity index (χ0) is 14.8. The lowest BCUT2D eigenvalue weighted by Gasteiger charge is -2.19. The minimum atomic E-state index is -0.449. The zero-order valence-electron chi connectivity index (χ0n) is 11.6. The largest absolute Gasteiger partial charge is 0.370 e. The Morgan fingerprint density at radius 1 is 1.52 bits per heavy atom. The van der Waals surface area contributed by atoms with Gasteiger partial charge in [0.25, 0.3) is 0 Å². The average molecular weight is 311 g/mol. The molecular weight excluding hydrogens is 295 g/mol. The van der Waals surface area contributed by atoms with Gasteiger partial charge in [0.2, 0.25) is 0 Å². The number of aromatic nitrogens is 3. The third-order valence-corrected chi connectivity index (χ3v) is 3.87. The van der Waals surface area contributed by atoms with Crippen molar-refractivity contribution in [2.24, 2.45) is 13.0 Å². The van der Waals surface area contributed by atoms with Crippen molar-refractivity contribution in [3.05, 3.63) is 41.3 Å². The van der Waals surface area contributed by atoms with E-state index in [1.807, 2.05) is 17.8 Å². The topological polar surface area (TPSA) is 52.0 Å². The van der Waals surface area contributed by atoms with E-state index < -0.39 is 5.82 Å². The summed E-state index contributed by atoms with van der Waals surface area (Å²) in [5.41, 5.74) is 0. The number of aryl methyl sites for hydroxylation is 1. The first kappa shape index (κ1) is 14.3. The first-order chi connectivity index (χ1) is 10.1. The molecule has 0 aromatic carbocycles. The summed E-state index contributed by atoms with van der Waals surface area (Å²) in [5, 5.41) is 3.32. The van der Waals surface area contributed by atoms with Crippen LogP contribution >= 0.6 is 11.6 Å². The van der Waals surface area contributed by atoms with Crippen LogP contribution in [0.3, 0.4) is 0 Å². The molecular formula is C14H16ClFN4O. The molecule has 1 aliphatic heterocycles. The maximum atomic E-state index is 13.7. The second-order valence-electron chi connectivity index (χ2n) is 5.10. The number of hydrogen-bond donors (Lipinski definition) is 1. The molecule has 1 aliphatic rings. The molecule has 0 bridgehead atoms. The van der Waals surface area contributed by atoms with E-state index in [2.05, 4.69) is 15.3 Å². The summed E-state index contributed by atoms with van der Waals surface area (Å²) in [7, 11) is 1.94. The van der Waals surface area contributed by atoms with Gasteiger partial charge in [-0.1, -0.05) is 11.6 Å². The number of nitrogens with zero attached hydrogens (tertiary/aromatic N) is 3. The zero-order valence-corrected chi connectivity index (χ0v) is 12.3. The van der Waals surface area contributed by atoms with Gasteiger partial charge in [0.15, 0.2) is 11.6 Å². The Hall–Kier alpha value is -1.66. The Kier molecular flexibility index (Phi) is 4.07. The molecule has 1 fully saturated rings. The molecule has 21 heavy (non-hydrogen) atoms. The molecule has 0 aliphatic carbocycles. The number of hydrogen-bond acceptors (Lipinski definition) is 4. The van der Waals surface area contributed by atoms with Crippen LogP contribution in [0, 0.1) is 11.7 Å². The van der Waals surface area contributed by atoms with E-state index in [1.54, 1.807) is 6.20 Å². The van der Waals surface area contributed by atoms with Gasteiger partial charge >= 0.3 is 0 Å². The predicted octanol–water partition coefficient (Wildman–Crippen LogP) is 2.80. The van der Waals surface area contributed by atoms with Crippen molar-refractivity contribution < 1.29 is 9.13 Å². The van der Waals surface area contributed by atoms with Crippen LogP contribution in [0.25, 0.3) is 0 Å². The van der Waals surface area contributed by atoms with Crippen molar-refractivity contribution in [1.82, 2.24) is 14.5 Å². The summed E-state index contributed by atoms with van der Waals surface area (Å²) in [6, 6.07) is 1.25. The highest BCUT2D eigenvalue weighted by atomic mass is 35.5. The molecule has 2 atom stereocenters. The quantitative estimate of drug-likeness (QED) is 0.943. The van der Waals surface area contributed by atoms with Gasteiger partial charge in [-0.05, 0) is 12.5 Å². The number of anilines is 1. The maximum absolute atomic E-state index is 13.7. The van der Waals surface area contributed by atoms with E-state index in [1.165, 1.54) is 12.3 Å². The number of rotatable bonds is 4. The van der Waals surface area contributed by atoms with Crippen molar-refractivity contribution in [1.29, 1.82) is 0 Å². The smallest absolute Gasteiger partial charge is 0.166 e. The standard InChI is InChI=1S/C14H16ClFN4O/c1-20-4-3-17-14(20)12-9(2-5-21-12)7-18-13-11(16)6-10(15)8-19-13/h3-4,6,8-9,12H,2,5,7H2,1H3,(H,18,19)/t9-,12+/m0/s1. The van der Waals surface area contributed by atoms with Crippen LogP contribution in [0.15, 0.2) is 24.7 Å². The fourth-order valence-corrected chi connectivity index (χ4v) is 2.70. The maximum Gasteiger partial charge on any atom is 0.166 e. The molecule has 5 nitrogen and oxygen atoms in total. The van der Waals surface area contributed by atoms with Crippen molar-refractivity contribution in [2.75, 3.05) is 18.5 Å². The normalized spacial score (nSPS) is 21.7. The van der Waals surface area contributed by atoms with Gasteiger partial charge < -0.3 is 14.6 Å². The van der Waals surface area contributed by atoms with E-state index in [0.717, 1.165) is 12.2 Å². The summed E-state index contributed by atoms with van der Waals surface area (Å²) in [4.78, 5) is 8.30. The van der Waals surface area contributed by atoms with Crippen LogP contribution in [0.1, 0.15) is 18.3 Å². The number of halogens is 2. The molecule has 0 radical (unpaired) electrons. The third-order valence-electron chi connectivity index (χ3n) is 3.67. The number of ether oxygens (including phenoxy) is 1. The summed E-state index contributed by atoms with van der Waals surface area (Å²) in [6.07, 6.45) is 5.89. The third kappa shape index (κ3) is 3.01. The van der Waals surface area contributed by atoms with Crippen LogP contribution in [0.2, 0.25) is 5.02 Å².